The second kappa shape index (κ2) is 6.24. The lowest BCUT2D eigenvalue weighted by molar-refractivity contribution is -0.402. The van der Waals surface area contributed by atoms with E-state index < -0.39 is 4.92 Å². The molecule has 1 N–H and O–H groups in total. The van der Waals surface area contributed by atoms with E-state index in [4.69, 9.17) is 9.15 Å². The molecule has 0 aliphatic heterocycles. The monoisotopic (exact) mass is 228 g/mol. The van der Waals surface area contributed by atoms with Gasteiger partial charge in [0.05, 0.1) is 12.7 Å². The van der Waals surface area contributed by atoms with Crippen LogP contribution in [0.3, 0.4) is 0 Å². The fourth-order valence-corrected chi connectivity index (χ4v) is 1.13. The second-order valence-corrected chi connectivity index (χ2v) is 3.66. The molecule has 0 aliphatic rings. The van der Waals surface area contributed by atoms with Crippen LogP contribution in [0.2, 0.25) is 0 Å². The highest BCUT2D eigenvalue weighted by Crippen LogP contribution is 2.15. The molecule has 0 fully saturated rings. The lowest BCUT2D eigenvalue weighted by atomic mass is 10.4. The number of furan rings is 1. The van der Waals surface area contributed by atoms with Gasteiger partial charge in [-0.05, 0) is 6.07 Å². The summed E-state index contributed by atoms with van der Waals surface area (Å²) in [5.41, 5.74) is 0. The summed E-state index contributed by atoms with van der Waals surface area (Å²) in [5.74, 6) is 0.218. The molecule has 0 saturated carbocycles. The average molecular weight is 228 g/mol. The van der Waals surface area contributed by atoms with Gasteiger partial charge >= 0.3 is 5.88 Å². The molecule has 1 aromatic rings. The van der Waals surface area contributed by atoms with Crippen LogP contribution in [0, 0.1) is 10.1 Å². The summed E-state index contributed by atoms with van der Waals surface area (Å²) in [7, 11) is 0. The molecule has 90 valence electrons. The Morgan fingerprint density at radius 3 is 2.88 bits per heavy atom. The van der Waals surface area contributed by atoms with Gasteiger partial charge in [-0.2, -0.15) is 0 Å². The minimum Gasteiger partial charge on any atom is -0.403 e. The molecular formula is C10H16N2O4. The number of ether oxygens (including phenoxy) is 1. The van der Waals surface area contributed by atoms with Crippen LogP contribution in [0.4, 0.5) is 5.88 Å². The largest absolute Gasteiger partial charge is 0.433 e. The van der Waals surface area contributed by atoms with Crippen LogP contribution in [0.25, 0.3) is 0 Å². The smallest absolute Gasteiger partial charge is 0.403 e. The summed E-state index contributed by atoms with van der Waals surface area (Å²) in [6.45, 7) is 5.66. The van der Waals surface area contributed by atoms with Crippen molar-refractivity contribution in [2.75, 3.05) is 13.2 Å². The molecule has 0 aromatic carbocycles. The Bertz CT molecular complexity index is 335. The molecule has 1 heterocycles. The Morgan fingerprint density at radius 1 is 1.56 bits per heavy atom. The Labute approximate surface area is 93.7 Å². The second-order valence-electron chi connectivity index (χ2n) is 3.66. The maximum absolute atomic E-state index is 10.3. The fourth-order valence-electron chi connectivity index (χ4n) is 1.13. The predicted octanol–water partition coefficient (Wildman–Crippen LogP) is 1.70. The molecular weight excluding hydrogens is 212 g/mol. The molecule has 16 heavy (non-hydrogen) atoms. The van der Waals surface area contributed by atoms with Gasteiger partial charge in [0, 0.05) is 12.6 Å². The van der Waals surface area contributed by atoms with Crippen molar-refractivity contribution in [3.8, 4) is 0 Å². The SMILES string of the molecule is CC(C)NCCOCc1ccc([N+](=O)[O-])o1. The van der Waals surface area contributed by atoms with E-state index in [0.29, 0.717) is 18.4 Å². The van der Waals surface area contributed by atoms with E-state index >= 15 is 0 Å². The van der Waals surface area contributed by atoms with Crippen molar-refractivity contribution in [3.05, 3.63) is 28.0 Å². The summed E-state index contributed by atoms with van der Waals surface area (Å²) in [5, 5.41) is 13.5. The zero-order valence-electron chi connectivity index (χ0n) is 9.43. The molecule has 0 bridgehead atoms. The molecule has 6 heteroatoms. The third kappa shape index (κ3) is 4.41. The summed E-state index contributed by atoms with van der Waals surface area (Å²) in [6, 6.07) is 3.30. The van der Waals surface area contributed by atoms with Gasteiger partial charge in [0.15, 0.2) is 0 Å². The first-order valence-electron chi connectivity index (χ1n) is 5.14. The average Bonchev–Trinajstić information content (AvgIpc) is 2.65. The zero-order valence-corrected chi connectivity index (χ0v) is 9.43. The van der Waals surface area contributed by atoms with Crippen LogP contribution >= 0.6 is 0 Å². The number of rotatable bonds is 7. The Kier molecular flexibility index (Phi) is 4.94. The number of nitrogens with one attached hydrogen (secondary N) is 1. The normalized spacial score (nSPS) is 10.9. The highest BCUT2D eigenvalue weighted by atomic mass is 16.6. The number of nitrogens with zero attached hydrogens (tertiary/aromatic N) is 1. The Balaban J connectivity index is 2.19. The number of hydrogen-bond acceptors (Lipinski definition) is 5. The molecule has 0 atom stereocenters. The quantitative estimate of drug-likeness (QED) is 0.436. The highest BCUT2D eigenvalue weighted by molar-refractivity contribution is 5.17. The molecule has 0 saturated heterocycles. The van der Waals surface area contributed by atoms with E-state index in [9.17, 15) is 10.1 Å². The third-order valence-electron chi connectivity index (χ3n) is 1.87. The van der Waals surface area contributed by atoms with E-state index in [1.54, 1.807) is 6.07 Å². The van der Waals surface area contributed by atoms with Gasteiger partial charge in [0.1, 0.15) is 17.3 Å². The fraction of sp³-hybridized carbons (Fsp3) is 0.600. The van der Waals surface area contributed by atoms with Crippen LogP contribution in [0.15, 0.2) is 16.5 Å². The van der Waals surface area contributed by atoms with Crippen molar-refractivity contribution in [2.45, 2.75) is 26.5 Å². The minimum atomic E-state index is -0.566. The van der Waals surface area contributed by atoms with Gasteiger partial charge < -0.3 is 14.5 Å². The first-order valence-corrected chi connectivity index (χ1v) is 5.14. The molecule has 0 spiro atoms. The molecule has 0 amide bonds. The van der Waals surface area contributed by atoms with E-state index in [0.717, 1.165) is 6.54 Å². The van der Waals surface area contributed by atoms with Crippen LogP contribution in [0.5, 0.6) is 0 Å². The van der Waals surface area contributed by atoms with E-state index in [2.05, 4.69) is 19.2 Å². The van der Waals surface area contributed by atoms with Crippen molar-refractivity contribution in [2.24, 2.45) is 0 Å². The summed E-state index contributed by atoms with van der Waals surface area (Å²) in [6.07, 6.45) is 0. The topological polar surface area (TPSA) is 77.5 Å². The van der Waals surface area contributed by atoms with Crippen LogP contribution in [0.1, 0.15) is 19.6 Å². The molecule has 1 aromatic heterocycles. The van der Waals surface area contributed by atoms with E-state index in [-0.39, 0.29) is 12.5 Å². The number of hydrogen-bond donors (Lipinski definition) is 1. The first-order chi connectivity index (χ1) is 7.59. The predicted molar refractivity (Wildman–Crippen MR) is 58.2 cm³/mol. The van der Waals surface area contributed by atoms with Crippen LogP contribution in [-0.2, 0) is 11.3 Å². The third-order valence-corrected chi connectivity index (χ3v) is 1.87. The van der Waals surface area contributed by atoms with E-state index in [1.807, 2.05) is 0 Å². The molecule has 0 radical (unpaired) electrons. The Hall–Kier alpha value is -1.40. The van der Waals surface area contributed by atoms with Gasteiger partial charge in [0.25, 0.3) is 0 Å². The van der Waals surface area contributed by atoms with Crippen LogP contribution in [-0.4, -0.2) is 24.1 Å². The van der Waals surface area contributed by atoms with Gasteiger partial charge in [0.2, 0.25) is 0 Å². The van der Waals surface area contributed by atoms with Gasteiger partial charge in [-0.25, -0.2) is 0 Å². The lowest BCUT2D eigenvalue weighted by Gasteiger charge is -2.07. The molecule has 6 nitrogen and oxygen atoms in total. The zero-order chi connectivity index (χ0) is 12.0. The van der Waals surface area contributed by atoms with Crippen molar-refractivity contribution >= 4 is 5.88 Å². The Morgan fingerprint density at radius 2 is 2.31 bits per heavy atom. The number of nitro groups is 1. The summed E-state index contributed by atoms with van der Waals surface area (Å²) < 4.78 is 10.2. The summed E-state index contributed by atoms with van der Waals surface area (Å²) in [4.78, 5) is 9.76. The van der Waals surface area contributed by atoms with E-state index in [1.165, 1.54) is 6.07 Å². The molecule has 1 rings (SSSR count). The maximum Gasteiger partial charge on any atom is 0.433 e. The van der Waals surface area contributed by atoms with Gasteiger partial charge in [-0.15, -0.1) is 0 Å². The van der Waals surface area contributed by atoms with Gasteiger partial charge in [-0.3, -0.25) is 10.1 Å². The lowest BCUT2D eigenvalue weighted by Crippen LogP contribution is -2.26. The van der Waals surface area contributed by atoms with Crippen molar-refractivity contribution in [1.29, 1.82) is 0 Å². The minimum absolute atomic E-state index is 0.251. The highest BCUT2D eigenvalue weighted by Gasteiger charge is 2.11. The first kappa shape index (κ1) is 12.7. The standard InChI is InChI=1S/C10H16N2O4/c1-8(2)11-5-6-15-7-9-3-4-10(16-9)12(13)14/h3-4,8,11H,5-7H2,1-2H3. The molecule has 0 aliphatic carbocycles. The van der Waals surface area contributed by atoms with Crippen LogP contribution < -0.4 is 5.32 Å². The van der Waals surface area contributed by atoms with Crippen molar-refractivity contribution in [3.63, 3.8) is 0 Å². The molecule has 0 unspecified atom stereocenters. The van der Waals surface area contributed by atoms with Crippen molar-refractivity contribution in [1.82, 2.24) is 5.32 Å². The van der Waals surface area contributed by atoms with Gasteiger partial charge in [-0.1, -0.05) is 13.8 Å². The summed E-state index contributed by atoms with van der Waals surface area (Å²) >= 11 is 0. The van der Waals surface area contributed by atoms with Crippen molar-refractivity contribution < 1.29 is 14.1 Å². The maximum atomic E-state index is 10.3.